The van der Waals surface area contributed by atoms with Crippen molar-refractivity contribution >= 4 is 40.6 Å². The zero-order valence-corrected chi connectivity index (χ0v) is 17.0. The number of fused-ring (bicyclic) bond motifs is 1. The van der Waals surface area contributed by atoms with Gasteiger partial charge in [0.15, 0.2) is 17.4 Å². The topological polar surface area (TPSA) is 279 Å². The number of aromatic nitrogens is 4. The number of nitrogens with one attached hydrogen (secondary N) is 1. The van der Waals surface area contributed by atoms with Crippen molar-refractivity contribution in [3.63, 3.8) is 0 Å². The van der Waals surface area contributed by atoms with E-state index in [1.807, 2.05) is 0 Å². The molecular formula is C9H14N5O13P3. The quantitative estimate of drug-likeness (QED) is 0.212. The molecule has 30 heavy (non-hydrogen) atoms. The second-order valence-corrected chi connectivity index (χ2v) is 10.1. The van der Waals surface area contributed by atoms with Gasteiger partial charge in [0, 0.05) is 0 Å². The zero-order valence-electron chi connectivity index (χ0n) is 14.3. The number of ether oxygens (including phenoxy) is 1. The van der Waals surface area contributed by atoms with Crippen LogP contribution in [-0.4, -0.2) is 63.0 Å². The third kappa shape index (κ3) is 5.20. The number of aliphatic hydroxyl groups is 1. The van der Waals surface area contributed by atoms with Crippen LogP contribution in [0.2, 0.25) is 0 Å². The summed E-state index contributed by atoms with van der Waals surface area (Å²) >= 11 is 0. The van der Waals surface area contributed by atoms with Crippen LogP contribution in [0.4, 0.5) is 5.95 Å². The molecule has 1 aliphatic heterocycles. The number of phosphoric ester groups is 1. The minimum atomic E-state index is -5.72. The lowest BCUT2D eigenvalue weighted by Crippen LogP contribution is -2.30. The number of rotatable bonds is 7. The summed E-state index contributed by atoms with van der Waals surface area (Å²) in [5.41, 5.74) is 4.56. The van der Waals surface area contributed by atoms with Crippen molar-refractivity contribution in [3.05, 3.63) is 16.7 Å². The average Bonchev–Trinajstić information content (AvgIpc) is 3.07. The van der Waals surface area contributed by atoms with Crippen LogP contribution in [0.15, 0.2) is 11.1 Å². The number of nitrogen functional groups attached to an aromatic ring is 1. The molecule has 0 radical (unpaired) electrons. The predicted molar refractivity (Wildman–Crippen MR) is 92.3 cm³/mol. The number of phosphoric acid groups is 3. The van der Waals surface area contributed by atoms with E-state index in [-0.39, 0.29) is 17.1 Å². The number of nitrogens with zero attached hydrogens (tertiary/aromatic N) is 3. The summed E-state index contributed by atoms with van der Waals surface area (Å²) < 4.78 is 51.9. The van der Waals surface area contributed by atoms with Gasteiger partial charge >= 0.3 is 23.5 Å². The largest absolute Gasteiger partial charge is 0.490 e. The number of nitrogens with two attached hydrogens (primary N) is 1. The Kier molecular flexibility index (Phi) is 6.07. The average molecular weight is 493 g/mol. The van der Waals surface area contributed by atoms with Crippen LogP contribution in [-0.2, 0) is 31.6 Å². The molecule has 1 fully saturated rings. The summed E-state index contributed by atoms with van der Waals surface area (Å²) in [7, 11) is -16.8. The highest BCUT2D eigenvalue weighted by Crippen LogP contribution is 2.66. The van der Waals surface area contributed by atoms with Gasteiger partial charge in [0.2, 0.25) is 5.95 Å². The predicted octanol–water partition coefficient (Wildman–Crippen LogP) is -1.70. The Labute approximate surface area is 164 Å². The molecule has 1 aliphatic rings. The fourth-order valence-electron chi connectivity index (χ4n) is 2.51. The van der Waals surface area contributed by atoms with E-state index in [4.69, 9.17) is 25.2 Å². The summed E-state index contributed by atoms with van der Waals surface area (Å²) in [6.45, 7) is -0.548. The van der Waals surface area contributed by atoms with Crippen molar-refractivity contribution in [2.45, 2.75) is 18.4 Å². The Morgan fingerprint density at radius 3 is 2.50 bits per heavy atom. The van der Waals surface area contributed by atoms with Crippen molar-refractivity contribution in [2.24, 2.45) is 0 Å². The van der Waals surface area contributed by atoms with Gasteiger partial charge in [-0.2, -0.15) is 13.6 Å². The lowest BCUT2D eigenvalue weighted by Gasteiger charge is -2.21. The van der Waals surface area contributed by atoms with Crippen LogP contribution in [0.3, 0.4) is 0 Å². The second-order valence-electron chi connectivity index (χ2n) is 5.72. The number of imidazole rings is 1. The Morgan fingerprint density at radius 2 is 1.87 bits per heavy atom. The normalized spacial score (nSPS) is 26.5. The van der Waals surface area contributed by atoms with Crippen LogP contribution in [0, 0.1) is 0 Å². The van der Waals surface area contributed by atoms with Gasteiger partial charge in [-0.15, -0.1) is 0 Å². The molecule has 2 aromatic rings. The maximum atomic E-state index is 11.9. The molecule has 0 aromatic carbocycles. The number of hydrogen-bond donors (Lipinski definition) is 7. The highest BCUT2D eigenvalue weighted by molar-refractivity contribution is 7.66. The molecule has 3 rings (SSSR count). The molecule has 8 N–H and O–H groups in total. The summed E-state index contributed by atoms with van der Waals surface area (Å²) in [5, 5.41) is 10.3. The molecule has 0 aliphatic carbocycles. The number of aliphatic hydroxyl groups excluding tert-OH is 1. The van der Waals surface area contributed by atoms with E-state index in [0.29, 0.717) is 0 Å². The van der Waals surface area contributed by atoms with Crippen LogP contribution in [0.1, 0.15) is 6.23 Å². The van der Waals surface area contributed by atoms with E-state index in [0.717, 1.165) is 10.9 Å². The minimum Gasteiger partial charge on any atom is -0.386 e. The smallest absolute Gasteiger partial charge is 0.386 e. The van der Waals surface area contributed by atoms with Gasteiger partial charge in [-0.3, -0.25) is 18.9 Å². The number of H-pyrrole nitrogens is 1. The van der Waals surface area contributed by atoms with Gasteiger partial charge in [0.05, 0.1) is 12.9 Å². The van der Waals surface area contributed by atoms with E-state index >= 15 is 0 Å². The second kappa shape index (κ2) is 7.87. The van der Waals surface area contributed by atoms with E-state index in [2.05, 4.69) is 28.1 Å². The van der Waals surface area contributed by atoms with E-state index < -0.39 is 54.1 Å². The molecule has 1 saturated heterocycles. The fourth-order valence-corrected chi connectivity index (χ4v) is 5.70. The first kappa shape index (κ1) is 23.1. The molecule has 0 bridgehead atoms. The molecule has 2 aromatic heterocycles. The third-order valence-electron chi connectivity index (χ3n) is 3.51. The maximum absolute atomic E-state index is 11.9. The molecule has 3 heterocycles. The Balaban J connectivity index is 1.77. The highest BCUT2D eigenvalue weighted by atomic mass is 31.3. The van der Waals surface area contributed by atoms with E-state index in [9.17, 15) is 28.5 Å². The third-order valence-corrected chi connectivity index (χ3v) is 7.38. The van der Waals surface area contributed by atoms with Crippen molar-refractivity contribution in [1.29, 1.82) is 0 Å². The zero-order chi connectivity index (χ0) is 22.5. The summed E-state index contributed by atoms with van der Waals surface area (Å²) in [6.07, 6.45) is -3.60. The van der Waals surface area contributed by atoms with Crippen molar-refractivity contribution < 1.29 is 56.3 Å². The Bertz CT molecular complexity index is 1160. The molecule has 21 heteroatoms. The first-order valence-corrected chi connectivity index (χ1v) is 12.0. The monoisotopic (exact) mass is 493 g/mol. The lowest BCUT2D eigenvalue weighted by atomic mass is 10.2. The van der Waals surface area contributed by atoms with E-state index in [1.165, 1.54) is 0 Å². The van der Waals surface area contributed by atoms with Crippen LogP contribution in [0.5, 0.6) is 0 Å². The Hall–Kier alpha value is -1.52. The highest BCUT2D eigenvalue weighted by Gasteiger charge is 2.46. The lowest BCUT2D eigenvalue weighted by molar-refractivity contribution is -0.0161. The SMILES string of the molecule is Nc1nc2c(ncn2[C@@H]2OC[C@H](OP(=O)(O)OP(=O)(O)OP(=O)(O)O)[C@H]2O)c(=O)[nH]1. The van der Waals surface area contributed by atoms with Crippen molar-refractivity contribution in [2.75, 3.05) is 12.3 Å². The first-order valence-electron chi connectivity index (χ1n) is 7.52. The number of aromatic amines is 1. The van der Waals surface area contributed by atoms with Gasteiger partial charge in [0.25, 0.3) is 5.56 Å². The molecule has 5 atom stereocenters. The molecule has 0 spiro atoms. The van der Waals surface area contributed by atoms with Gasteiger partial charge in [-0.05, 0) is 0 Å². The van der Waals surface area contributed by atoms with Gasteiger partial charge < -0.3 is 35.2 Å². The molecule has 168 valence electrons. The number of anilines is 1. The van der Waals surface area contributed by atoms with Crippen LogP contribution in [0.25, 0.3) is 11.2 Å². The Morgan fingerprint density at radius 1 is 1.20 bits per heavy atom. The van der Waals surface area contributed by atoms with Crippen LogP contribution >= 0.6 is 23.5 Å². The van der Waals surface area contributed by atoms with Gasteiger partial charge in [-0.1, -0.05) is 0 Å². The van der Waals surface area contributed by atoms with Crippen LogP contribution < -0.4 is 11.3 Å². The molecular weight excluding hydrogens is 479 g/mol. The summed E-state index contributed by atoms with van der Waals surface area (Å²) in [6, 6.07) is 0. The summed E-state index contributed by atoms with van der Waals surface area (Å²) in [4.78, 5) is 57.4. The molecule has 0 amide bonds. The van der Waals surface area contributed by atoms with Gasteiger partial charge in [0.1, 0.15) is 12.2 Å². The number of hydrogen-bond acceptors (Lipinski definition) is 12. The molecule has 0 saturated carbocycles. The first-order chi connectivity index (χ1) is 13.7. The molecule has 2 unspecified atom stereocenters. The standard InChI is InChI=1S/C9H14N5O13P3/c10-9-12-6-4(7(16)13-9)11-2-14(6)8-5(15)3(1-24-8)25-29(20,21)27-30(22,23)26-28(17,18)19/h2-3,5,8,15H,1H2,(H,20,21)(H,22,23)(H2,17,18,19)(H3,10,12,13,16)/t3-,5+,8+/m0/s1. The summed E-state index contributed by atoms with van der Waals surface area (Å²) in [5.74, 6) is -0.258. The van der Waals surface area contributed by atoms with Crippen molar-refractivity contribution in [3.8, 4) is 0 Å². The van der Waals surface area contributed by atoms with Crippen molar-refractivity contribution in [1.82, 2.24) is 19.5 Å². The van der Waals surface area contributed by atoms with E-state index in [1.54, 1.807) is 0 Å². The fraction of sp³-hybridized carbons (Fsp3) is 0.444. The minimum absolute atomic E-state index is 0.0840. The maximum Gasteiger partial charge on any atom is 0.490 e. The molecule has 18 nitrogen and oxygen atoms in total. The van der Waals surface area contributed by atoms with Gasteiger partial charge in [-0.25, -0.2) is 18.7 Å².